The molecule has 6 nitrogen and oxygen atoms in total. The number of unbranched alkanes of at least 4 members (excludes halogenated alkanes) is 4. The number of aryl methyl sites for hydroxylation is 1. The third-order valence-corrected chi connectivity index (χ3v) is 5.45. The Kier molecular flexibility index (Phi) is 10.2. The van der Waals surface area contributed by atoms with Crippen LogP contribution in [-0.4, -0.2) is 13.2 Å². The third-order valence-electron chi connectivity index (χ3n) is 5.45. The Labute approximate surface area is 203 Å². The molecule has 0 aliphatic rings. The predicted molar refractivity (Wildman–Crippen MR) is 140 cm³/mol. The molecule has 3 rings (SSSR count). The molecule has 0 unspecified atom stereocenters. The lowest BCUT2D eigenvalue weighted by Gasteiger charge is -2.09. The van der Waals surface area contributed by atoms with Gasteiger partial charge in [-0.15, -0.1) is 0 Å². The van der Waals surface area contributed by atoms with Crippen LogP contribution in [-0.2, 0) is 6.42 Å². The summed E-state index contributed by atoms with van der Waals surface area (Å²) in [5.41, 5.74) is 15.8. The number of rotatable bonds is 14. The summed E-state index contributed by atoms with van der Waals surface area (Å²) in [6.45, 7) is 3.54. The van der Waals surface area contributed by atoms with Gasteiger partial charge in [-0.25, -0.2) is 0 Å². The van der Waals surface area contributed by atoms with Crippen LogP contribution in [0.3, 0.4) is 0 Å². The van der Waals surface area contributed by atoms with E-state index in [1.807, 2.05) is 42.5 Å². The first-order valence-electron chi connectivity index (χ1n) is 12.2. The number of nitrogen functional groups attached to an aromatic ring is 2. The van der Waals surface area contributed by atoms with E-state index in [1.54, 1.807) is 12.1 Å². The van der Waals surface area contributed by atoms with Crippen LogP contribution in [0.25, 0.3) is 0 Å². The van der Waals surface area contributed by atoms with Crippen LogP contribution in [0, 0.1) is 0 Å². The lowest BCUT2D eigenvalue weighted by atomic mass is 10.1. The molecule has 3 aromatic rings. The molecule has 0 spiro atoms. The molecule has 0 aliphatic heterocycles. The summed E-state index contributed by atoms with van der Waals surface area (Å²) in [5, 5.41) is 8.73. The van der Waals surface area contributed by atoms with E-state index in [4.69, 9.17) is 20.9 Å². The molecule has 0 fully saturated rings. The highest BCUT2D eigenvalue weighted by Gasteiger charge is 2.01. The molecule has 0 radical (unpaired) electrons. The molecule has 0 saturated heterocycles. The quantitative estimate of drug-likeness (QED) is 0.147. The number of nitrogens with two attached hydrogens (primary N) is 2. The molecule has 0 amide bonds. The Balaban J connectivity index is 1.30. The lowest BCUT2D eigenvalue weighted by molar-refractivity contribution is 0.288. The molecular weight excluding hydrogens is 424 g/mol. The molecule has 180 valence electrons. The first kappa shape index (κ1) is 25.1. The van der Waals surface area contributed by atoms with Crippen molar-refractivity contribution >= 4 is 22.7 Å². The van der Waals surface area contributed by atoms with E-state index in [9.17, 15) is 0 Å². The van der Waals surface area contributed by atoms with Gasteiger partial charge in [0.2, 0.25) is 0 Å². The van der Waals surface area contributed by atoms with Crippen LogP contribution in [0.5, 0.6) is 11.5 Å². The molecule has 0 saturated carbocycles. The summed E-state index contributed by atoms with van der Waals surface area (Å²) >= 11 is 0. The molecule has 0 aliphatic carbocycles. The van der Waals surface area contributed by atoms with Crippen molar-refractivity contribution in [2.75, 3.05) is 24.7 Å². The maximum Gasteiger partial charge on any atom is 0.142 e. The van der Waals surface area contributed by atoms with Gasteiger partial charge in [-0.2, -0.15) is 10.2 Å². The molecular formula is C28H36N4O2. The van der Waals surface area contributed by atoms with Crippen LogP contribution in [0.15, 0.2) is 77.0 Å². The van der Waals surface area contributed by atoms with Crippen LogP contribution in [0.1, 0.15) is 51.0 Å². The van der Waals surface area contributed by atoms with Gasteiger partial charge in [0.05, 0.1) is 30.3 Å². The topological polar surface area (TPSA) is 95.2 Å². The summed E-state index contributed by atoms with van der Waals surface area (Å²) in [4.78, 5) is 0. The number of nitrogens with zero attached hydrogens (tertiary/aromatic N) is 2. The fourth-order valence-corrected chi connectivity index (χ4v) is 3.51. The minimum Gasteiger partial charge on any atom is -0.494 e. The number of azo groups is 1. The standard InChI is InChI=1S/C28H36N4O2/c1-2-3-9-22-10-8-11-25(20-22)32-31-24-13-15-26(16-14-24)33-18-6-4-5-7-19-34-28-17-12-23(29)21-27(28)30/h8,10-17,20-21H,2-7,9,18-19,29-30H2,1H3. The van der Waals surface area contributed by atoms with E-state index in [2.05, 4.69) is 29.3 Å². The molecule has 4 N–H and O–H groups in total. The average molecular weight is 461 g/mol. The van der Waals surface area contributed by atoms with E-state index in [-0.39, 0.29) is 0 Å². The van der Waals surface area contributed by atoms with Crippen molar-refractivity contribution in [2.45, 2.75) is 51.9 Å². The monoisotopic (exact) mass is 460 g/mol. The third kappa shape index (κ3) is 8.77. The van der Waals surface area contributed by atoms with Gasteiger partial charge in [-0.1, -0.05) is 25.5 Å². The highest BCUT2D eigenvalue weighted by molar-refractivity contribution is 5.60. The molecule has 34 heavy (non-hydrogen) atoms. The second-order valence-electron chi connectivity index (χ2n) is 8.38. The van der Waals surface area contributed by atoms with Crippen molar-refractivity contribution in [2.24, 2.45) is 10.2 Å². The summed E-state index contributed by atoms with van der Waals surface area (Å²) in [5.74, 6) is 1.55. The first-order chi connectivity index (χ1) is 16.6. The van der Waals surface area contributed by atoms with Gasteiger partial charge >= 0.3 is 0 Å². The molecule has 0 aromatic heterocycles. The fourth-order valence-electron chi connectivity index (χ4n) is 3.51. The SMILES string of the molecule is CCCCc1cccc(N=Nc2ccc(OCCCCCCOc3ccc(N)cc3N)cc2)c1. The zero-order chi connectivity index (χ0) is 24.0. The largest absolute Gasteiger partial charge is 0.494 e. The van der Waals surface area contributed by atoms with Gasteiger partial charge in [-0.3, -0.25) is 0 Å². The number of anilines is 2. The molecule has 3 aromatic carbocycles. The van der Waals surface area contributed by atoms with E-state index in [0.29, 0.717) is 30.3 Å². The summed E-state index contributed by atoms with van der Waals surface area (Å²) in [6, 6.07) is 21.4. The lowest BCUT2D eigenvalue weighted by Crippen LogP contribution is -2.02. The maximum absolute atomic E-state index is 5.90. The Bertz CT molecular complexity index is 1030. The molecule has 0 atom stereocenters. The molecule has 0 bridgehead atoms. The minimum atomic E-state index is 0.581. The second-order valence-corrected chi connectivity index (χ2v) is 8.38. The minimum absolute atomic E-state index is 0.581. The van der Waals surface area contributed by atoms with E-state index >= 15 is 0 Å². The van der Waals surface area contributed by atoms with Crippen LogP contribution < -0.4 is 20.9 Å². The van der Waals surface area contributed by atoms with Crippen molar-refractivity contribution in [3.8, 4) is 11.5 Å². The smallest absolute Gasteiger partial charge is 0.142 e. The molecule has 0 heterocycles. The normalized spacial score (nSPS) is 11.1. The Morgan fingerprint density at radius 2 is 1.44 bits per heavy atom. The van der Waals surface area contributed by atoms with Crippen molar-refractivity contribution in [1.29, 1.82) is 0 Å². The Morgan fingerprint density at radius 1 is 0.706 bits per heavy atom. The summed E-state index contributed by atoms with van der Waals surface area (Å²) in [7, 11) is 0. The van der Waals surface area contributed by atoms with E-state index in [0.717, 1.165) is 49.2 Å². The van der Waals surface area contributed by atoms with Gasteiger partial charge in [0, 0.05) is 5.69 Å². The average Bonchev–Trinajstić information content (AvgIpc) is 2.85. The van der Waals surface area contributed by atoms with Gasteiger partial charge < -0.3 is 20.9 Å². The summed E-state index contributed by atoms with van der Waals surface area (Å²) in [6.07, 6.45) is 7.61. The van der Waals surface area contributed by atoms with Crippen molar-refractivity contribution in [3.63, 3.8) is 0 Å². The fraction of sp³-hybridized carbons (Fsp3) is 0.357. The zero-order valence-electron chi connectivity index (χ0n) is 20.1. The predicted octanol–water partition coefficient (Wildman–Crippen LogP) is 7.63. The number of hydrogen-bond acceptors (Lipinski definition) is 6. The Morgan fingerprint density at radius 3 is 2.18 bits per heavy atom. The molecule has 6 heteroatoms. The highest BCUT2D eigenvalue weighted by atomic mass is 16.5. The number of benzene rings is 3. The van der Waals surface area contributed by atoms with Crippen LogP contribution in [0.2, 0.25) is 0 Å². The number of ether oxygens (including phenoxy) is 2. The maximum atomic E-state index is 5.90. The van der Waals surface area contributed by atoms with Crippen molar-refractivity contribution in [1.82, 2.24) is 0 Å². The van der Waals surface area contributed by atoms with Gasteiger partial charge in [-0.05, 0) is 98.7 Å². The highest BCUT2D eigenvalue weighted by Crippen LogP contribution is 2.24. The summed E-state index contributed by atoms with van der Waals surface area (Å²) < 4.78 is 11.6. The van der Waals surface area contributed by atoms with E-state index in [1.165, 1.54) is 18.4 Å². The van der Waals surface area contributed by atoms with Crippen molar-refractivity contribution < 1.29 is 9.47 Å². The van der Waals surface area contributed by atoms with Gasteiger partial charge in [0.15, 0.2) is 0 Å². The van der Waals surface area contributed by atoms with Gasteiger partial charge in [0.25, 0.3) is 0 Å². The van der Waals surface area contributed by atoms with E-state index < -0.39 is 0 Å². The Hall–Kier alpha value is -3.54. The van der Waals surface area contributed by atoms with Crippen LogP contribution in [0.4, 0.5) is 22.7 Å². The first-order valence-corrected chi connectivity index (χ1v) is 12.2. The number of hydrogen-bond donors (Lipinski definition) is 2. The van der Waals surface area contributed by atoms with Crippen molar-refractivity contribution in [3.05, 3.63) is 72.3 Å². The van der Waals surface area contributed by atoms with Gasteiger partial charge in [0.1, 0.15) is 11.5 Å². The zero-order valence-corrected chi connectivity index (χ0v) is 20.1. The van der Waals surface area contributed by atoms with Crippen LogP contribution >= 0.6 is 0 Å². The second kappa shape index (κ2) is 13.9.